The summed E-state index contributed by atoms with van der Waals surface area (Å²) < 4.78 is 4.89. The SMILES string of the molecule is COC(=O)c1c(CC(=O)N(C2CCC(C)CC2)C2CC2)[nH]c(C(C)=O)c1C. The summed E-state index contributed by atoms with van der Waals surface area (Å²) in [5.41, 5.74) is 1.75. The van der Waals surface area contributed by atoms with Gasteiger partial charge in [0.1, 0.15) is 0 Å². The average Bonchev–Trinajstić information content (AvgIpc) is 3.40. The van der Waals surface area contributed by atoms with E-state index in [0.29, 0.717) is 34.6 Å². The number of hydrogen-bond acceptors (Lipinski definition) is 4. The number of aromatic amines is 1. The van der Waals surface area contributed by atoms with Crippen LogP contribution in [0.2, 0.25) is 0 Å². The Kier molecular flexibility index (Phi) is 5.72. The highest BCUT2D eigenvalue weighted by atomic mass is 16.5. The van der Waals surface area contributed by atoms with Crippen molar-refractivity contribution in [2.24, 2.45) is 5.92 Å². The van der Waals surface area contributed by atoms with E-state index in [4.69, 9.17) is 4.74 Å². The highest BCUT2D eigenvalue weighted by molar-refractivity contribution is 6.01. The molecule has 0 aromatic carbocycles. The Balaban J connectivity index is 1.84. The van der Waals surface area contributed by atoms with Gasteiger partial charge in [0.05, 0.1) is 24.8 Å². The van der Waals surface area contributed by atoms with Gasteiger partial charge in [0, 0.05) is 24.7 Å². The smallest absolute Gasteiger partial charge is 0.339 e. The summed E-state index contributed by atoms with van der Waals surface area (Å²) in [6, 6.07) is 0.631. The molecule has 1 heterocycles. The van der Waals surface area contributed by atoms with Crippen LogP contribution < -0.4 is 0 Å². The predicted octanol–water partition coefficient (Wildman–Crippen LogP) is 3.42. The largest absolute Gasteiger partial charge is 0.465 e. The lowest BCUT2D eigenvalue weighted by atomic mass is 9.86. The van der Waals surface area contributed by atoms with Gasteiger partial charge in [0.25, 0.3) is 0 Å². The second-order valence-corrected chi connectivity index (χ2v) is 8.15. The molecule has 2 aliphatic carbocycles. The molecule has 1 N–H and O–H groups in total. The van der Waals surface area contributed by atoms with Gasteiger partial charge in [-0.15, -0.1) is 0 Å². The van der Waals surface area contributed by atoms with Crippen molar-refractivity contribution in [1.29, 1.82) is 0 Å². The quantitative estimate of drug-likeness (QED) is 0.611. The molecule has 1 aromatic heterocycles. The Hall–Kier alpha value is -2.11. The minimum absolute atomic E-state index is 0.0403. The Bertz CT molecular complexity index is 740. The predicted molar refractivity (Wildman–Crippen MR) is 102 cm³/mol. The number of carbonyl (C=O) groups excluding carboxylic acids is 3. The van der Waals surface area contributed by atoms with Crippen molar-refractivity contribution in [1.82, 2.24) is 9.88 Å². The van der Waals surface area contributed by atoms with Gasteiger partial charge in [0.15, 0.2) is 5.78 Å². The first-order valence-electron chi connectivity index (χ1n) is 9.95. The van der Waals surface area contributed by atoms with E-state index < -0.39 is 5.97 Å². The topological polar surface area (TPSA) is 79.5 Å². The number of Topliss-reactive ketones (excluding diaryl/α,β-unsaturated/α-hetero) is 1. The zero-order valence-electron chi connectivity index (χ0n) is 16.8. The van der Waals surface area contributed by atoms with Gasteiger partial charge in [-0.1, -0.05) is 6.92 Å². The van der Waals surface area contributed by atoms with Crippen LogP contribution in [-0.2, 0) is 16.0 Å². The number of ether oxygens (including phenoxy) is 1. The highest BCUT2D eigenvalue weighted by Gasteiger charge is 2.39. The normalized spacial score (nSPS) is 22.4. The highest BCUT2D eigenvalue weighted by Crippen LogP contribution is 2.36. The fourth-order valence-corrected chi connectivity index (χ4v) is 4.34. The van der Waals surface area contributed by atoms with Crippen LogP contribution in [0.5, 0.6) is 0 Å². The third-order valence-corrected chi connectivity index (χ3v) is 6.00. The number of aromatic nitrogens is 1. The van der Waals surface area contributed by atoms with Crippen LogP contribution >= 0.6 is 0 Å². The molecule has 0 aliphatic heterocycles. The first-order chi connectivity index (χ1) is 12.8. The molecule has 6 heteroatoms. The first kappa shape index (κ1) is 19.6. The maximum atomic E-state index is 13.2. The van der Waals surface area contributed by atoms with Gasteiger partial charge in [-0.2, -0.15) is 0 Å². The van der Waals surface area contributed by atoms with Crippen LogP contribution in [0.3, 0.4) is 0 Å². The summed E-state index contributed by atoms with van der Waals surface area (Å²) in [7, 11) is 1.31. The maximum absolute atomic E-state index is 13.2. The molecule has 0 spiro atoms. The molecule has 0 saturated heterocycles. The van der Waals surface area contributed by atoms with Crippen LogP contribution in [0.15, 0.2) is 0 Å². The summed E-state index contributed by atoms with van der Waals surface area (Å²) in [5, 5.41) is 0. The second kappa shape index (κ2) is 7.87. The molecule has 1 amide bonds. The number of nitrogens with one attached hydrogen (secondary N) is 1. The molecular formula is C21H30N2O4. The Labute approximate surface area is 160 Å². The summed E-state index contributed by atoms with van der Waals surface area (Å²) in [6.07, 6.45) is 6.64. The fourth-order valence-electron chi connectivity index (χ4n) is 4.34. The maximum Gasteiger partial charge on any atom is 0.339 e. The van der Waals surface area contributed by atoms with E-state index in [2.05, 4.69) is 16.8 Å². The Morgan fingerprint density at radius 1 is 1.07 bits per heavy atom. The van der Waals surface area contributed by atoms with Gasteiger partial charge in [-0.25, -0.2) is 4.79 Å². The van der Waals surface area contributed by atoms with E-state index in [1.165, 1.54) is 14.0 Å². The lowest BCUT2D eigenvalue weighted by Crippen LogP contribution is -2.44. The zero-order chi connectivity index (χ0) is 19.7. The first-order valence-corrected chi connectivity index (χ1v) is 9.95. The number of ketones is 1. The van der Waals surface area contributed by atoms with Crippen LogP contribution in [0, 0.1) is 12.8 Å². The lowest BCUT2D eigenvalue weighted by molar-refractivity contribution is -0.134. The number of hydrogen-bond donors (Lipinski definition) is 1. The molecule has 2 saturated carbocycles. The third kappa shape index (κ3) is 4.09. The van der Waals surface area contributed by atoms with Crippen molar-refractivity contribution >= 4 is 17.7 Å². The van der Waals surface area contributed by atoms with E-state index in [1.54, 1.807) is 6.92 Å². The summed E-state index contributed by atoms with van der Waals surface area (Å²) in [4.78, 5) is 42.4. The van der Waals surface area contributed by atoms with Crippen LogP contribution in [-0.4, -0.2) is 46.7 Å². The number of amides is 1. The zero-order valence-corrected chi connectivity index (χ0v) is 16.8. The lowest BCUT2D eigenvalue weighted by Gasteiger charge is -2.36. The van der Waals surface area contributed by atoms with E-state index in [1.807, 2.05) is 0 Å². The molecule has 2 aliphatic rings. The van der Waals surface area contributed by atoms with E-state index in [0.717, 1.165) is 44.4 Å². The number of esters is 1. The summed E-state index contributed by atoms with van der Waals surface area (Å²) >= 11 is 0. The molecule has 3 rings (SSSR count). The van der Waals surface area contributed by atoms with Gasteiger partial charge < -0.3 is 14.6 Å². The van der Waals surface area contributed by atoms with Crippen LogP contribution in [0.4, 0.5) is 0 Å². The van der Waals surface area contributed by atoms with Gasteiger partial charge in [-0.3, -0.25) is 9.59 Å². The minimum Gasteiger partial charge on any atom is -0.465 e. The van der Waals surface area contributed by atoms with E-state index in [9.17, 15) is 14.4 Å². The second-order valence-electron chi connectivity index (χ2n) is 8.15. The van der Waals surface area contributed by atoms with E-state index in [-0.39, 0.29) is 18.1 Å². The number of carbonyl (C=O) groups is 3. The minimum atomic E-state index is -0.511. The Morgan fingerprint density at radius 2 is 1.63 bits per heavy atom. The third-order valence-electron chi connectivity index (χ3n) is 6.00. The molecule has 1 aromatic rings. The molecular weight excluding hydrogens is 344 g/mol. The molecule has 148 valence electrons. The Morgan fingerprint density at radius 3 is 2.11 bits per heavy atom. The van der Waals surface area contributed by atoms with Crippen molar-refractivity contribution in [3.05, 3.63) is 22.5 Å². The van der Waals surface area contributed by atoms with Gasteiger partial charge >= 0.3 is 5.97 Å². The van der Waals surface area contributed by atoms with Crippen molar-refractivity contribution in [2.45, 2.75) is 77.8 Å². The number of rotatable bonds is 6. The molecule has 0 unspecified atom stereocenters. The number of methoxy groups -OCH3 is 1. The monoisotopic (exact) mass is 374 g/mol. The van der Waals surface area contributed by atoms with Crippen LogP contribution in [0.1, 0.15) is 84.5 Å². The van der Waals surface area contributed by atoms with Gasteiger partial charge in [0.2, 0.25) is 5.91 Å². The fraction of sp³-hybridized carbons (Fsp3) is 0.667. The van der Waals surface area contributed by atoms with Crippen molar-refractivity contribution in [2.75, 3.05) is 7.11 Å². The van der Waals surface area contributed by atoms with Gasteiger partial charge in [-0.05, 0) is 56.9 Å². The molecule has 0 atom stereocenters. The average molecular weight is 374 g/mol. The van der Waals surface area contributed by atoms with Crippen molar-refractivity contribution in [3.63, 3.8) is 0 Å². The molecule has 2 fully saturated rings. The molecule has 6 nitrogen and oxygen atoms in total. The van der Waals surface area contributed by atoms with E-state index >= 15 is 0 Å². The van der Waals surface area contributed by atoms with Crippen molar-refractivity contribution in [3.8, 4) is 0 Å². The molecule has 0 bridgehead atoms. The standard InChI is InChI=1S/C21H30N2O4/c1-12-5-7-15(8-6-12)23(16-9-10-16)18(25)11-17-19(21(26)27-4)13(2)20(22-17)14(3)24/h12,15-16,22H,5-11H2,1-4H3. The molecule has 27 heavy (non-hydrogen) atoms. The van der Waals surface area contributed by atoms with Crippen LogP contribution in [0.25, 0.3) is 0 Å². The summed E-state index contributed by atoms with van der Waals surface area (Å²) in [5.74, 6) is 0.103. The number of nitrogens with zero attached hydrogens (tertiary/aromatic N) is 1. The summed E-state index contributed by atoms with van der Waals surface area (Å²) in [6.45, 7) is 5.44. The molecule has 0 radical (unpaired) electrons. The van der Waals surface area contributed by atoms with Crippen molar-refractivity contribution < 1.29 is 19.1 Å². The number of H-pyrrole nitrogens is 1.